The number of nitrogens with one attached hydrogen (secondary N) is 1. The van der Waals surface area contributed by atoms with E-state index < -0.39 is 0 Å². The molecule has 0 saturated heterocycles. The van der Waals surface area contributed by atoms with Crippen LogP contribution in [0.3, 0.4) is 0 Å². The number of hydrogen-bond donors (Lipinski definition) is 1. The second-order valence-corrected chi connectivity index (χ2v) is 4.73. The lowest BCUT2D eigenvalue weighted by molar-refractivity contribution is 0.414. The second-order valence-electron chi connectivity index (χ2n) is 3.71. The molecule has 0 saturated carbocycles. The molecule has 1 aromatic carbocycles. The zero-order valence-corrected chi connectivity index (χ0v) is 10.3. The fraction of sp³-hybridized carbons (Fsp3) is 0.333. The molecule has 2 nitrogen and oxygen atoms in total. The molecule has 0 radical (unpaired) electrons. The maximum Gasteiger partial charge on any atom is 0.118 e. The number of halogens is 1. The highest BCUT2D eigenvalue weighted by Crippen LogP contribution is 2.21. The van der Waals surface area contributed by atoms with Gasteiger partial charge >= 0.3 is 0 Å². The lowest BCUT2D eigenvalue weighted by Gasteiger charge is -2.11. The van der Waals surface area contributed by atoms with Gasteiger partial charge in [0.25, 0.3) is 0 Å². The summed E-state index contributed by atoms with van der Waals surface area (Å²) in [6.07, 6.45) is 4.16. The first kappa shape index (κ1) is 10.6. The maximum absolute atomic E-state index is 5.12. The van der Waals surface area contributed by atoms with E-state index in [9.17, 15) is 0 Å². The van der Waals surface area contributed by atoms with Crippen molar-refractivity contribution in [3.63, 3.8) is 0 Å². The number of benzene rings is 1. The van der Waals surface area contributed by atoms with E-state index in [2.05, 4.69) is 33.4 Å². The van der Waals surface area contributed by atoms with Gasteiger partial charge in [-0.3, -0.25) is 0 Å². The third kappa shape index (κ3) is 2.75. The summed E-state index contributed by atoms with van der Waals surface area (Å²) in [6.45, 7) is 0. The van der Waals surface area contributed by atoms with E-state index in [4.69, 9.17) is 4.74 Å². The standard InChI is InChI=1S/C12H14BrNO/c1-15-12-4-2-9(3-5-12)6-11-7-10(13)8-14-11/h2-5,8,11,14H,6-7H2,1H3. The van der Waals surface area contributed by atoms with Crippen molar-refractivity contribution >= 4 is 15.9 Å². The Morgan fingerprint density at radius 2 is 2.13 bits per heavy atom. The van der Waals surface area contributed by atoms with E-state index in [1.165, 1.54) is 10.0 Å². The van der Waals surface area contributed by atoms with Gasteiger partial charge in [-0.15, -0.1) is 0 Å². The largest absolute Gasteiger partial charge is 0.497 e. The van der Waals surface area contributed by atoms with Crippen LogP contribution < -0.4 is 10.1 Å². The molecule has 1 unspecified atom stereocenters. The van der Waals surface area contributed by atoms with Crippen LogP contribution >= 0.6 is 15.9 Å². The summed E-state index contributed by atoms with van der Waals surface area (Å²) in [4.78, 5) is 0. The summed E-state index contributed by atoms with van der Waals surface area (Å²) in [6, 6.07) is 8.77. The molecule has 0 aromatic heterocycles. The smallest absolute Gasteiger partial charge is 0.118 e. The molecule has 1 aliphatic rings. The fourth-order valence-corrected chi connectivity index (χ4v) is 2.26. The predicted molar refractivity (Wildman–Crippen MR) is 65.2 cm³/mol. The zero-order valence-electron chi connectivity index (χ0n) is 8.66. The molecule has 0 amide bonds. The third-order valence-corrected chi connectivity index (χ3v) is 3.11. The van der Waals surface area contributed by atoms with Gasteiger partial charge in [0.2, 0.25) is 0 Å². The monoisotopic (exact) mass is 267 g/mol. The molecule has 2 rings (SSSR count). The molecule has 1 N–H and O–H groups in total. The molecule has 0 fully saturated rings. The van der Waals surface area contributed by atoms with Gasteiger partial charge in [-0.2, -0.15) is 0 Å². The first-order valence-corrected chi connectivity index (χ1v) is 5.81. The van der Waals surface area contributed by atoms with Crippen molar-refractivity contribution in [1.82, 2.24) is 5.32 Å². The summed E-state index contributed by atoms with van der Waals surface area (Å²) in [5.41, 5.74) is 1.34. The fourth-order valence-electron chi connectivity index (χ4n) is 1.74. The van der Waals surface area contributed by atoms with Crippen molar-refractivity contribution in [2.45, 2.75) is 18.9 Å². The summed E-state index contributed by atoms with van der Waals surface area (Å²) in [5, 5.41) is 3.34. The van der Waals surface area contributed by atoms with Crippen LogP contribution in [-0.2, 0) is 6.42 Å². The Morgan fingerprint density at radius 1 is 1.40 bits per heavy atom. The van der Waals surface area contributed by atoms with Crippen molar-refractivity contribution in [2.75, 3.05) is 7.11 Å². The van der Waals surface area contributed by atoms with E-state index in [0.29, 0.717) is 6.04 Å². The molecule has 3 heteroatoms. The zero-order chi connectivity index (χ0) is 10.7. The molecule has 0 bridgehead atoms. The molecular formula is C12H14BrNO. The van der Waals surface area contributed by atoms with Crippen LogP contribution in [0.15, 0.2) is 34.9 Å². The number of methoxy groups -OCH3 is 1. The molecule has 0 spiro atoms. The Bertz CT molecular complexity index is 358. The minimum Gasteiger partial charge on any atom is -0.497 e. The van der Waals surface area contributed by atoms with Crippen LogP contribution in [0.2, 0.25) is 0 Å². The molecule has 1 aliphatic heterocycles. The average molecular weight is 268 g/mol. The molecule has 15 heavy (non-hydrogen) atoms. The molecule has 1 aromatic rings. The van der Waals surface area contributed by atoms with Gasteiger partial charge in [0.1, 0.15) is 5.75 Å². The van der Waals surface area contributed by atoms with Gasteiger partial charge in [0.15, 0.2) is 0 Å². The normalized spacial score (nSPS) is 19.6. The van der Waals surface area contributed by atoms with Gasteiger partial charge in [0.05, 0.1) is 7.11 Å². The van der Waals surface area contributed by atoms with Gasteiger partial charge < -0.3 is 10.1 Å². The lowest BCUT2D eigenvalue weighted by Crippen LogP contribution is -2.21. The SMILES string of the molecule is COc1ccc(CC2CC(Br)=CN2)cc1. The molecular weight excluding hydrogens is 254 g/mol. The second kappa shape index (κ2) is 4.71. The molecule has 80 valence electrons. The first-order valence-electron chi connectivity index (χ1n) is 5.01. The van der Waals surface area contributed by atoms with E-state index in [1.54, 1.807) is 7.11 Å². The minimum atomic E-state index is 0.521. The van der Waals surface area contributed by atoms with Crippen LogP contribution in [0.1, 0.15) is 12.0 Å². The number of hydrogen-bond acceptors (Lipinski definition) is 2. The van der Waals surface area contributed by atoms with Gasteiger partial charge in [-0.1, -0.05) is 28.1 Å². The van der Waals surface area contributed by atoms with Crippen molar-refractivity contribution < 1.29 is 4.74 Å². The van der Waals surface area contributed by atoms with Gasteiger partial charge in [-0.25, -0.2) is 0 Å². The van der Waals surface area contributed by atoms with Crippen molar-refractivity contribution in [2.24, 2.45) is 0 Å². The summed E-state index contributed by atoms with van der Waals surface area (Å²) >= 11 is 3.49. The Labute approximate surface area is 98.5 Å². The minimum absolute atomic E-state index is 0.521. The molecule has 1 atom stereocenters. The Kier molecular flexibility index (Phi) is 3.31. The van der Waals surface area contributed by atoms with Crippen LogP contribution in [0.4, 0.5) is 0 Å². The Balaban J connectivity index is 1.94. The van der Waals surface area contributed by atoms with E-state index in [-0.39, 0.29) is 0 Å². The van der Waals surface area contributed by atoms with Gasteiger partial charge in [-0.05, 0) is 24.1 Å². The summed E-state index contributed by atoms with van der Waals surface area (Å²) in [7, 11) is 1.69. The highest BCUT2D eigenvalue weighted by Gasteiger charge is 2.14. The van der Waals surface area contributed by atoms with E-state index >= 15 is 0 Å². The average Bonchev–Trinajstić information content (AvgIpc) is 2.65. The van der Waals surface area contributed by atoms with Crippen molar-refractivity contribution in [3.05, 3.63) is 40.5 Å². The van der Waals surface area contributed by atoms with Crippen LogP contribution in [0.25, 0.3) is 0 Å². The highest BCUT2D eigenvalue weighted by atomic mass is 79.9. The number of rotatable bonds is 3. The van der Waals surface area contributed by atoms with Crippen molar-refractivity contribution in [1.29, 1.82) is 0 Å². The number of ether oxygens (including phenoxy) is 1. The maximum atomic E-state index is 5.12. The van der Waals surface area contributed by atoms with E-state index in [1.807, 2.05) is 18.3 Å². The molecule has 0 aliphatic carbocycles. The summed E-state index contributed by atoms with van der Waals surface area (Å²) < 4.78 is 6.37. The van der Waals surface area contributed by atoms with Crippen LogP contribution in [-0.4, -0.2) is 13.2 Å². The van der Waals surface area contributed by atoms with Crippen LogP contribution in [0, 0.1) is 0 Å². The van der Waals surface area contributed by atoms with Crippen molar-refractivity contribution in [3.8, 4) is 5.75 Å². The van der Waals surface area contributed by atoms with Gasteiger partial charge in [0, 0.05) is 23.1 Å². The Hall–Kier alpha value is -0.960. The first-order chi connectivity index (χ1) is 7.28. The third-order valence-electron chi connectivity index (χ3n) is 2.56. The summed E-state index contributed by atoms with van der Waals surface area (Å²) in [5.74, 6) is 0.914. The predicted octanol–water partition coefficient (Wildman–Crippen LogP) is 2.84. The van der Waals surface area contributed by atoms with Crippen LogP contribution in [0.5, 0.6) is 5.75 Å². The lowest BCUT2D eigenvalue weighted by atomic mass is 10.0. The molecule has 1 heterocycles. The highest BCUT2D eigenvalue weighted by molar-refractivity contribution is 9.11. The topological polar surface area (TPSA) is 21.3 Å². The van der Waals surface area contributed by atoms with E-state index in [0.717, 1.165) is 18.6 Å². The quantitative estimate of drug-likeness (QED) is 0.910. The Morgan fingerprint density at radius 3 is 2.67 bits per heavy atom.